The second kappa shape index (κ2) is 5.12. The molecular weight excluding hydrogens is 292 g/mol. The molecule has 1 heterocycles. The third kappa shape index (κ3) is 2.65. The van der Waals surface area contributed by atoms with E-state index in [0.29, 0.717) is 13.0 Å². The average Bonchev–Trinajstić information content (AvgIpc) is 2.32. The van der Waals surface area contributed by atoms with E-state index in [4.69, 9.17) is 0 Å². The Labute approximate surface area is 107 Å². The van der Waals surface area contributed by atoms with Gasteiger partial charge in [0.05, 0.1) is 4.47 Å². The molecule has 0 bridgehead atoms. The fourth-order valence-corrected chi connectivity index (χ4v) is 2.40. The molecule has 1 aliphatic heterocycles. The first-order valence-electron chi connectivity index (χ1n) is 5.49. The van der Waals surface area contributed by atoms with Crippen LogP contribution in [0.2, 0.25) is 0 Å². The first-order chi connectivity index (χ1) is 8.09. The van der Waals surface area contributed by atoms with Crippen molar-refractivity contribution in [2.45, 2.75) is 19.3 Å². The predicted octanol–water partition coefficient (Wildman–Crippen LogP) is 2.80. The SMILES string of the molecule is O=C1NCCCC1Cc1c(F)ccc(Br)c1F. The van der Waals surface area contributed by atoms with Crippen molar-refractivity contribution < 1.29 is 13.6 Å². The molecule has 1 aliphatic rings. The standard InChI is InChI=1S/C12H12BrF2NO/c13-9-3-4-10(14)8(11(9)15)6-7-2-1-5-16-12(7)17/h3-4,7H,1-2,5-6H2,(H,16,17). The van der Waals surface area contributed by atoms with Crippen LogP contribution in [0.4, 0.5) is 8.78 Å². The van der Waals surface area contributed by atoms with E-state index >= 15 is 0 Å². The van der Waals surface area contributed by atoms with Gasteiger partial charge in [0.2, 0.25) is 5.91 Å². The molecule has 1 amide bonds. The lowest BCUT2D eigenvalue weighted by Crippen LogP contribution is -2.37. The fraction of sp³-hybridized carbons (Fsp3) is 0.417. The maximum absolute atomic E-state index is 13.7. The summed E-state index contributed by atoms with van der Waals surface area (Å²) in [7, 11) is 0. The van der Waals surface area contributed by atoms with Crippen LogP contribution < -0.4 is 5.32 Å². The van der Waals surface area contributed by atoms with E-state index in [1.807, 2.05) is 0 Å². The van der Waals surface area contributed by atoms with E-state index in [9.17, 15) is 13.6 Å². The van der Waals surface area contributed by atoms with Crippen LogP contribution in [0.25, 0.3) is 0 Å². The molecule has 0 radical (unpaired) electrons. The molecule has 1 N–H and O–H groups in total. The second-order valence-electron chi connectivity index (χ2n) is 4.16. The number of hydrogen-bond donors (Lipinski definition) is 1. The van der Waals surface area contributed by atoms with Crippen molar-refractivity contribution >= 4 is 21.8 Å². The number of halogens is 3. The van der Waals surface area contributed by atoms with Crippen LogP contribution in [0.3, 0.4) is 0 Å². The molecule has 92 valence electrons. The van der Waals surface area contributed by atoms with Gasteiger partial charge >= 0.3 is 0 Å². The first kappa shape index (κ1) is 12.5. The summed E-state index contributed by atoms with van der Waals surface area (Å²) in [6.07, 6.45) is 1.65. The molecule has 0 aromatic heterocycles. The quantitative estimate of drug-likeness (QED) is 0.836. The number of benzene rings is 1. The zero-order valence-electron chi connectivity index (χ0n) is 9.10. The Morgan fingerprint density at radius 1 is 1.41 bits per heavy atom. The van der Waals surface area contributed by atoms with Crippen LogP contribution in [-0.2, 0) is 11.2 Å². The van der Waals surface area contributed by atoms with Crippen LogP contribution in [-0.4, -0.2) is 12.5 Å². The van der Waals surface area contributed by atoms with Crippen LogP contribution in [0.1, 0.15) is 18.4 Å². The molecule has 1 fully saturated rings. The Morgan fingerprint density at radius 2 is 2.18 bits per heavy atom. The van der Waals surface area contributed by atoms with Crippen LogP contribution >= 0.6 is 15.9 Å². The minimum atomic E-state index is -0.608. The summed E-state index contributed by atoms with van der Waals surface area (Å²) >= 11 is 3.02. The zero-order valence-corrected chi connectivity index (χ0v) is 10.7. The highest BCUT2D eigenvalue weighted by molar-refractivity contribution is 9.10. The molecule has 1 saturated heterocycles. The number of rotatable bonds is 2. The minimum Gasteiger partial charge on any atom is -0.356 e. The van der Waals surface area contributed by atoms with Crippen molar-refractivity contribution in [3.63, 3.8) is 0 Å². The van der Waals surface area contributed by atoms with Gasteiger partial charge in [-0.1, -0.05) is 0 Å². The number of nitrogens with one attached hydrogen (secondary N) is 1. The lowest BCUT2D eigenvalue weighted by Gasteiger charge is -2.22. The van der Waals surface area contributed by atoms with Crippen molar-refractivity contribution in [3.8, 4) is 0 Å². The van der Waals surface area contributed by atoms with E-state index < -0.39 is 11.6 Å². The molecule has 1 unspecified atom stereocenters. The van der Waals surface area contributed by atoms with Gasteiger partial charge in [0, 0.05) is 18.0 Å². The normalized spacial score (nSPS) is 20.2. The van der Waals surface area contributed by atoms with Gasteiger partial charge in [0.25, 0.3) is 0 Å². The van der Waals surface area contributed by atoms with Gasteiger partial charge in [0.1, 0.15) is 11.6 Å². The number of hydrogen-bond acceptors (Lipinski definition) is 1. The average molecular weight is 304 g/mol. The topological polar surface area (TPSA) is 29.1 Å². The van der Waals surface area contributed by atoms with Crippen LogP contribution in [0.15, 0.2) is 16.6 Å². The number of piperidine rings is 1. The van der Waals surface area contributed by atoms with Crippen molar-refractivity contribution in [1.82, 2.24) is 5.32 Å². The first-order valence-corrected chi connectivity index (χ1v) is 6.29. The Bertz CT molecular complexity index is 450. The van der Waals surface area contributed by atoms with Crippen LogP contribution in [0.5, 0.6) is 0 Å². The monoisotopic (exact) mass is 303 g/mol. The molecule has 2 nitrogen and oxygen atoms in total. The summed E-state index contributed by atoms with van der Waals surface area (Å²) < 4.78 is 27.5. The molecule has 0 aliphatic carbocycles. The van der Waals surface area contributed by atoms with E-state index in [1.165, 1.54) is 12.1 Å². The van der Waals surface area contributed by atoms with Gasteiger partial charge in [-0.25, -0.2) is 8.78 Å². The molecule has 1 atom stereocenters. The smallest absolute Gasteiger partial charge is 0.223 e. The van der Waals surface area contributed by atoms with Gasteiger partial charge in [-0.2, -0.15) is 0 Å². The van der Waals surface area contributed by atoms with Gasteiger partial charge in [0.15, 0.2) is 0 Å². The van der Waals surface area contributed by atoms with E-state index in [1.54, 1.807) is 0 Å². The molecule has 1 aromatic rings. The van der Waals surface area contributed by atoms with Crippen molar-refractivity contribution in [3.05, 3.63) is 33.8 Å². The van der Waals surface area contributed by atoms with E-state index in [0.717, 1.165) is 6.42 Å². The summed E-state index contributed by atoms with van der Waals surface area (Å²) in [5.41, 5.74) is -0.0126. The zero-order chi connectivity index (χ0) is 12.4. The van der Waals surface area contributed by atoms with E-state index in [2.05, 4.69) is 21.2 Å². The second-order valence-corrected chi connectivity index (χ2v) is 5.01. The summed E-state index contributed by atoms with van der Waals surface area (Å²) in [6, 6.07) is 2.54. The Kier molecular flexibility index (Phi) is 3.76. The Morgan fingerprint density at radius 3 is 2.88 bits per heavy atom. The van der Waals surface area contributed by atoms with Crippen LogP contribution in [0, 0.1) is 17.6 Å². The van der Waals surface area contributed by atoms with Gasteiger partial charge in [-0.05, 0) is 47.3 Å². The van der Waals surface area contributed by atoms with Crippen molar-refractivity contribution in [1.29, 1.82) is 0 Å². The highest BCUT2D eigenvalue weighted by Gasteiger charge is 2.25. The number of carbonyl (C=O) groups excluding carboxylic acids is 1. The maximum atomic E-state index is 13.7. The summed E-state index contributed by atoms with van der Waals surface area (Å²) in [5.74, 6) is -1.65. The number of amides is 1. The Hall–Kier alpha value is -0.970. The van der Waals surface area contributed by atoms with Crippen molar-refractivity contribution in [2.24, 2.45) is 5.92 Å². The largest absolute Gasteiger partial charge is 0.356 e. The Balaban J connectivity index is 2.23. The van der Waals surface area contributed by atoms with E-state index in [-0.39, 0.29) is 28.3 Å². The third-order valence-electron chi connectivity index (χ3n) is 2.99. The van der Waals surface area contributed by atoms with Gasteiger partial charge < -0.3 is 5.32 Å². The fourth-order valence-electron chi connectivity index (χ4n) is 2.03. The van der Waals surface area contributed by atoms with Crippen molar-refractivity contribution in [2.75, 3.05) is 6.54 Å². The molecule has 1 aromatic carbocycles. The maximum Gasteiger partial charge on any atom is 0.223 e. The summed E-state index contributed by atoms with van der Waals surface area (Å²) in [5, 5.41) is 2.71. The molecule has 5 heteroatoms. The molecule has 0 spiro atoms. The molecule has 2 rings (SSSR count). The van der Waals surface area contributed by atoms with Gasteiger partial charge in [-0.15, -0.1) is 0 Å². The molecule has 0 saturated carbocycles. The van der Waals surface area contributed by atoms with Gasteiger partial charge in [-0.3, -0.25) is 4.79 Å². The highest BCUT2D eigenvalue weighted by Crippen LogP contribution is 2.26. The lowest BCUT2D eigenvalue weighted by molar-refractivity contribution is -0.126. The highest BCUT2D eigenvalue weighted by atomic mass is 79.9. The number of carbonyl (C=O) groups is 1. The molecular formula is C12H12BrF2NO. The molecule has 17 heavy (non-hydrogen) atoms. The summed E-state index contributed by atoms with van der Waals surface area (Å²) in [6.45, 7) is 0.652. The minimum absolute atomic E-state index is 0.0126. The predicted molar refractivity (Wildman–Crippen MR) is 63.5 cm³/mol. The summed E-state index contributed by atoms with van der Waals surface area (Å²) in [4.78, 5) is 11.5. The third-order valence-corrected chi connectivity index (χ3v) is 3.60. The lowest BCUT2D eigenvalue weighted by atomic mass is 9.91.